The Morgan fingerprint density at radius 3 is 2.18 bits per heavy atom. The summed E-state index contributed by atoms with van der Waals surface area (Å²) in [6, 6.07) is 10.4. The number of hydrogen-bond acceptors (Lipinski definition) is 4. The number of rotatable bonds is 6. The molecule has 2 aromatic carbocycles. The summed E-state index contributed by atoms with van der Waals surface area (Å²) in [6.45, 7) is 0.0495. The minimum absolute atomic E-state index is 0.0247. The van der Waals surface area contributed by atoms with E-state index in [-0.39, 0.29) is 43.8 Å². The topological polar surface area (TPSA) is 95.6 Å². The summed E-state index contributed by atoms with van der Waals surface area (Å²) in [5.74, 6) is -0.869. The number of alkyl halides is 3. The zero-order valence-corrected chi connectivity index (χ0v) is 19.0. The van der Waals surface area contributed by atoms with Crippen LogP contribution < -0.4 is 10.6 Å². The molecule has 0 radical (unpaired) electrons. The van der Waals surface area contributed by atoms with Gasteiger partial charge in [-0.3, -0.25) is 9.59 Å². The highest BCUT2D eigenvalue weighted by atomic mass is 32.2. The first kappa shape index (κ1) is 24.2. The monoisotopic (exact) mass is 495 g/mol. The number of sulfonamides is 1. The molecule has 7 nitrogen and oxygen atoms in total. The molecule has 2 fully saturated rings. The lowest BCUT2D eigenvalue weighted by Crippen LogP contribution is -2.41. The van der Waals surface area contributed by atoms with Crippen LogP contribution in [0.3, 0.4) is 0 Å². The minimum atomic E-state index is -4.64. The predicted octanol–water partition coefficient (Wildman–Crippen LogP) is 3.64. The van der Waals surface area contributed by atoms with Crippen LogP contribution in [0.1, 0.15) is 41.6 Å². The highest BCUT2D eigenvalue weighted by Gasteiger charge is 2.35. The summed E-state index contributed by atoms with van der Waals surface area (Å²) in [4.78, 5) is 24.3. The van der Waals surface area contributed by atoms with E-state index >= 15 is 0 Å². The fraction of sp³-hybridized carbons (Fsp3) is 0.391. The van der Waals surface area contributed by atoms with Crippen molar-refractivity contribution in [2.24, 2.45) is 5.92 Å². The van der Waals surface area contributed by atoms with Crippen molar-refractivity contribution < 1.29 is 31.2 Å². The van der Waals surface area contributed by atoms with Crippen molar-refractivity contribution in [3.63, 3.8) is 0 Å². The van der Waals surface area contributed by atoms with Crippen LogP contribution in [-0.2, 0) is 21.0 Å². The molecular formula is C23H24F3N3O4S. The van der Waals surface area contributed by atoms with Gasteiger partial charge < -0.3 is 10.6 Å². The molecule has 1 saturated carbocycles. The molecule has 11 heteroatoms. The number of carbonyl (C=O) groups excluding carboxylic acids is 2. The van der Waals surface area contributed by atoms with Crippen LogP contribution in [-0.4, -0.2) is 43.7 Å². The molecule has 0 aromatic heterocycles. The largest absolute Gasteiger partial charge is 0.416 e. The van der Waals surface area contributed by atoms with Gasteiger partial charge in [0.2, 0.25) is 15.9 Å². The Bertz CT molecular complexity index is 1170. The molecule has 4 rings (SSSR count). The van der Waals surface area contributed by atoms with E-state index in [1.807, 2.05) is 0 Å². The predicted molar refractivity (Wildman–Crippen MR) is 118 cm³/mol. The van der Waals surface area contributed by atoms with Gasteiger partial charge in [0, 0.05) is 36.3 Å². The minimum Gasteiger partial charge on any atom is -0.349 e. The normalized spacial score (nSPS) is 17.9. The first-order chi connectivity index (χ1) is 16.0. The summed E-state index contributed by atoms with van der Waals surface area (Å²) in [6.07, 6.45) is -2.19. The Balaban J connectivity index is 1.33. The number of carbonyl (C=O) groups is 2. The smallest absolute Gasteiger partial charge is 0.349 e. The molecule has 34 heavy (non-hydrogen) atoms. The van der Waals surface area contributed by atoms with Crippen molar-refractivity contribution in [1.82, 2.24) is 9.62 Å². The number of amides is 2. The van der Waals surface area contributed by atoms with Crippen LogP contribution in [0, 0.1) is 5.92 Å². The van der Waals surface area contributed by atoms with Crippen LogP contribution in [0.4, 0.5) is 18.9 Å². The van der Waals surface area contributed by atoms with Crippen LogP contribution in [0.15, 0.2) is 53.4 Å². The Hall–Kier alpha value is -2.92. The SMILES string of the molecule is O=C(NC1CC1)c1ccc(NC(=O)C2CCN(S(=O)(=O)c3cccc(C(F)(F)F)c3)CC2)cc1. The van der Waals surface area contributed by atoms with Crippen LogP contribution in [0.2, 0.25) is 0 Å². The van der Waals surface area contributed by atoms with E-state index in [0.717, 1.165) is 35.3 Å². The van der Waals surface area contributed by atoms with Gasteiger partial charge in [-0.15, -0.1) is 0 Å². The van der Waals surface area contributed by atoms with Crippen molar-refractivity contribution >= 4 is 27.5 Å². The number of benzene rings is 2. The lowest BCUT2D eigenvalue weighted by Gasteiger charge is -2.30. The van der Waals surface area contributed by atoms with E-state index in [0.29, 0.717) is 17.3 Å². The third-order valence-electron chi connectivity index (χ3n) is 5.95. The molecule has 182 valence electrons. The van der Waals surface area contributed by atoms with Gasteiger partial charge in [0.05, 0.1) is 10.5 Å². The maximum Gasteiger partial charge on any atom is 0.416 e. The molecule has 0 spiro atoms. The average Bonchev–Trinajstić information content (AvgIpc) is 3.63. The highest BCUT2D eigenvalue weighted by Crippen LogP contribution is 2.32. The Morgan fingerprint density at radius 2 is 1.59 bits per heavy atom. The Morgan fingerprint density at radius 1 is 0.941 bits per heavy atom. The lowest BCUT2D eigenvalue weighted by molar-refractivity contribution is -0.137. The summed E-state index contributed by atoms with van der Waals surface area (Å²) in [5, 5.41) is 5.66. The van der Waals surface area contributed by atoms with Crippen LogP contribution >= 0.6 is 0 Å². The number of anilines is 1. The van der Waals surface area contributed by atoms with Gasteiger partial charge in [0.25, 0.3) is 5.91 Å². The quantitative estimate of drug-likeness (QED) is 0.640. The molecule has 0 atom stereocenters. The maximum absolute atomic E-state index is 13.0. The van der Waals surface area contributed by atoms with Crippen molar-refractivity contribution in [3.8, 4) is 0 Å². The lowest BCUT2D eigenvalue weighted by atomic mass is 9.97. The van der Waals surface area contributed by atoms with E-state index in [1.165, 1.54) is 0 Å². The second-order valence-electron chi connectivity index (χ2n) is 8.52. The number of piperidine rings is 1. The molecule has 1 aliphatic heterocycles. The van der Waals surface area contributed by atoms with Crippen molar-refractivity contribution in [3.05, 3.63) is 59.7 Å². The molecule has 0 bridgehead atoms. The molecular weight excluding hydrogens is 471 g/mol. The zero-order chi connectivity index (χ0) is 24.5. The zero-order valence-electron chi connectivity index (χ0n) is 18.1. The molecule has 2 amide bonds. The van der Waals surface area contributed by atoms with Gasteiger partial charge in [-0.2, -0.15) is 17.5 Å². The summed E-state index contributed by atoms with van der Waals surface area (Å²) >= 11 is 0. The molecule has 2 aromatic rings. The standard InChI is InChI=1S/C23H24F3N3O4S/c24-23(25,26)17-2-1-3-20(14-17)34(32,33)29-12-10-16(11-13-29)22(31)27-18-6-4-15(5-7-18)21(30)28-19-8-9-19/h1-7,14,16,19H,8-13H2,(H,27,31)(H,28,30). The van der Waals surface area contributed by atoms with Gasteiger partial charge >= 0.3 is 6.18 Å². The summed E-state index contributed by atoms with van der Waals surface area (Å²) < 4.78 is 65.6. The molecule has 2 N–H and O–H groups in total. The molecule has 1 saturated heterocycles. The van der Waals surface area contributed by atoms with Crippen molar-refractivity contribution in [2.75, 3.05) is 18.4 Å². The van der Waals surface area contributed by atoms with E-state index in [1.54, 1.807) is 24.3 Å². The average molecular weight is 496 g/mol. The number of nitrogens with one attached hydrogen (secondary N) is 2. The van der Waals surface area contributed by atoms with E-state index in [9.17, 15) is 31.2 Å². The number of nitrogens with zero attached hydrogens (tertiary/aromatic N) is 1. The second kappa shape index (κ2) is 9.38. The van der Waals surface area contributed by atoms with E-state index in [2.05, 4.69) is 10.6 Å². The molecule has 0 unspecified atom stereocenters. The van der Waals surface area contributed by atoms with Crippen LogP contribution in [0.5, 0.6) is 0 Å². The van der Waals surface area contributed by atoms with E-state index < -0.39 is 32.6 Å². The first-order valence-corrected chi connectivity index (χ1v) is 12.4. The second-order valence-corrected chi connectivity index (χ2v) is 10.5. The fourth-order valence-corrected chi connectivity index (χ4v) is 5.30. The third-order valence-corrected chi connectivity index (χ3v) is 7.85. The third kappa shape index (κ3) is 5.58. The Kier molecular flexibility index (Phi) is 6.68. The fourth-order valence-electron chi connectivity index (χ4n) is 3.79. The van der Waals surface area contributed by atoms with Crippen molar-refractivity contribution in [2.45, 2.75) is 42.8 Å². The van der Waals surface area contributed by atoms with Gasteiger partial charge in [-0.1, -0.05) is 6.07 Å². The Labute approximate surface area is 195 Å². The summed E-state index contributed by atoms with van der Waals surface area (Å²) in [7, 11) is -4.11. The number of hydrogen-bond donors (Lipinski definition) is 2. The maximum atomic E-state index is 13.0. The van der Waals surface area contributed by atoms with Crippen LogP contribution in [0.25, 0.3) is 0 Å². The van der Waals surface area contributed by atoms with Gasteiger partial charge in [0.1, 0.15) is 0 Å². The van der Waals surface area contributed by atoms with E-state index in [4.69, 9.17) is 0 Å². The number of halogens is 3. The van der Waals surface area contributed by atoms with Gasteiger partial charge in [-0.05, 0) is 68.1 Å². The molecule has 1 aliphatic carbocycles. The van der Waals surface area contributed by atoms with Crippen molar-refractivity contribution in [1.29, 1.82) is 0 Å². The molecule has 2 aliphatic rings. The highest BCUT2D eigenvalue weighted by molar-refractivity contribution is 7.89. The first-order valence-electron chi connectivity index (χ1n) is 10.9. The van der Waals surface area contributed by atoms with Gasteiger partial charge in [0.15, 0.2) is 0 Å². The van der Waals surface area contributed by atoms with Gasteiger partial charge in [-0.25, -0.2) is 8.42 Å². The molecule has 1 heterocycles. The summed E-state index contributed by atoms with van der Waals surface area (Å²) in [5.41, 5.74) is -0.0103.